The second kappa shape index (κ2) is 8.96. The van der Waals surface area contributed by atoms with Gasteiger partial charge in [-0.15, -0.1) is 0 Å². The summed E-state index contributed by atoms with van der Waals surface area (Å²) in [5, 5.41) is 12.8. The van der Waals surface area contributed by atoms with Crippen molar-refractivity contribution < 1.29 is 9.21 Å². The highest BCUT2D eigenvalue weighted by atomic mass is 79.9. The molecule has 6 heteroatoms. The number of carbonyl (C=O) groups is 1. The zero-order valence-corrected chi connectivity index (χ0v) is 17.7. The van der Waals surface area contributed by atoms with E-state index >= 15 is 0 Å². The molecule has 1 heterocycles. The predicted molar refractivity (Wildman–Crippen MR) is 115 cm³/mol. The van der Waals surface area contributed by atoms with Crippen LogP contribution in [-0.4, -0.2) is 5.91 Å². The summed E-state index contributed by atoms with van der Waals surface area (Å²) in [6.45, 7) is 3.97. The number of anilines is 1. The summed E-state index contributed by atoms with van der Waals surface area (Å²) in [5.41, 5.74) is 2.82. The largest absolute Gasteiger partial charge is 0.449 e. The average molecular weight is 453 g/mol. The third-order valence-electron chi connectivity index (χ3n) is 4.04. The van der Waals surface area contributed by atoms with Gasteiger partial charge in [-0.05, 0) is 71.2 Å². The molecule has 1 N–H and O–H groups in total. The van der Waals surface area contributed by atoms with Crippen LogP contribution >= 0.6 is 27.7 Å². The Bertz CT molecular complexity index is 1080. The van der Waals surface area contributed by atoms with Gasteiger partial charge in [0.2, 0.25) is 0 Å². The fourth-order valence-electron chi connectivity index (χ4n) is 2.41. The van der Waals surface area contributed by atoms with Crippen LogP contribution in [0.25, 0.3) is 6.08 Å². The quantitative estimate of drug-likeness (QED) is 0.361. The Labute approximate surface area is 176 Å². The first kappa shape index (κ1) is 20.0. The zero-order valence-electron chi connectivity index (χ0n) is 15.3. The maximum absolute atomic E-state index is 12.5. The summed E-state index contributed by atoms with van der Waals surface area (Å²) in [6.07, 6.45) is 1.44. The molecule has 0 aliphatic heterocycles. The van der Waals surface area contributed by atoms with Crippen molar-refractivity contribution in [2.24, 2.45) is 0 Å². The summed E-state index contributed by atoms with van der Waals surface area (Å²) >= 11 is 4.92. The SMILES string of the molecule is Cc1ccc(NC(=O)/C(C#N)=C\c2cc(Br)c(Sc3ccccc3)o2)cc1C. The third kappa shape index (κ3) is 4.94. The molecule has 3 rings (SSSR count). The van der Waals surface area contributed by atoms with E-state index in [9.17, 15) is 10.1 Å². The number of benzene rings is 2. The van der Waals surface area contributed by atoms with Crippen molar-refractivity contribution in [3.63, 3.8) is 0 Å². The topological polar surface area (TPSA) is 66.0 Å². The predicted octanol–water partition coefficient (Wildman–Crippen LogP) is 6.36. The summed E-state index contributed by atoms with van der Waals surface area (Å²) in [5.74, 6) is -0.0485. The van der Waals surface area contributed by atoms with E-state index in [4.69, 9.17) is 4.42 Å². The molecule has 0 bridgehead atoms. The van der Waals surface area contributed by atoms with Gasteiger partial charge in [0.05, 0.1) is 4.47 Å². The van der Waals surface area contributed by atoms with Gasteiger partial charge in [-0.1, -0.05) is 36.0 Å². The first-order valence-corrected chi connectivity index (χ1v) is 10.1. The summed E-state index contributed by atoms with van der Waals surface area (Å²) in [4.78, 5) is 13.5. The molecule has 4 nitrogen and oxygen atoms in total. The minimum atomic E-state index is -0.476. The molecule has 0 saturated heterocycles. The minimum Gasteiger partial charge on any atom is -0.449 e. The van der Waals surface area contributed by atoms with Gasteiger partial charge in [0.1, 0.15) is 17.4 Å². The van der Waals surface area contributed by atoms with Gasteiger partial charge in [0.25, 0.3) is 5.91 Å². The molecule has 140 valence electrons. The van der Waals surface area contributed by atoms with E-state index in [-0.39, 0.29) is 5.57 Å². The summed E-state index contributed by atoms with van der Waals surface area (Å²) < 4.78 is 6.56. The number of furan rings is 1. The molecule has 3 aromatic rings. The van der Waals surface area contributed by atoms with Crippen molar-refractivity contribution in [1.29, 1.82) is 5.26 Å². The lowest BCUT2D eigenvalue weighted by molar-refractivity contribution is -0.112. The van der Waals surface area contributed by atoms with Gasteiger partial charge < -0.3 is 9.73 Å². The number of halogens is 1. The maximum atomic E-state index is 12.5. The normalized spacial score (nSPS) is 11.1. The highest BCUT2D eigenvalue weighted by Gasteiger charge is 2.14. The molecular formula is C22H17BrN2O2S. The Morgan fingerprint density at radius 2 is 1.89 bits per heavy atom. The van der Waals surface area contributed by atoms with Crippen LogP contribution in [-0.2, 0) is 4.79 Å². The lowest BCUT2D eigenvalue weighted by atomic mass is 10.1. The lowest BCUT2D eigenvalue weighted by Crippen LogP contribution is -2.13. The Balaban J connectivity index is 1.78. The number of nitrogens with zero attached hydrogens (tertiary/aromatic N) is 1. The van der Waals surface area contributed by atoms with Gasteiger partial charge in [-0.25, -0.2) is 0 Å². The van der Waals surface area contributed by atoms with Gasteiger partial charge in [0.15, 0.2) is 5.09 Å². The molecule has 28 heavy (non-hydrogen) atoms. The Hall–Kier alpha value is -2.75. The molecule has 0 fully saturated rings. The number of nitrogens with one attached hydrogen (secondary N) is 1. The van der Waals surface area contributed by atoms with E-state index in [1.807, 2.05) is 68.4 Å². The van der Waals surface area contributed by atoms with Crippen LogP contribution in [0.4, 0.5) is 5.69 Å². The summed E-state index contributed by atoms with van der Waals surface area (Å²) in [6, 6.07) is 19.1. The molecule has 0 atom stereocenters. The molecule has 1 amide bonds. The van der Waals surface area contributed by atoms with Crippen LogP contribution in [0.2, 0.25) is 0 Å². The van der Waals surface area contributed by atoms with Crippen molar-refractivity contribution in [2.45, 2.75) is 23.8 Å². The standard InChI is InChI=1S/C22H17BrN2O2S/c1-14-8-9-17(10-15(14)2)25-21(26)16(13-24)11-18-12-20(23)22(27-18)28-19-6-4-3-5-7-19/h3-12H,1-2H3,(H,25,26)/b16-11-. The highest BCUT2D eigenvalue weighted by Crippen LogP contribution is 2.36. The Morgan fingerprint density at radius 3 is 2.57 bits per heavy atom. The van der Waals surface area contributed by atoms with Crippen LogP contribution < -0.4 is 5.32 Å². The fourth-order valence-corrected chi connectivity index (χ4v) is 3.76. The number of amides is 1. The van der Waals surface area contributed by atoms with Crippen LogP contribution in [0, 0.1) is 25.2 Å². The molecule has 2 aromatic carbocycles. The molecule has 0 radical (unpaired) electrons. The lowest BCUT2D eigenvalue weighted by Gasteiger charge is -2.06. The number of aryl methyl sites for hydroxylation is 2. The van der Waals surface area contributed by atoms with Crippen LogP contribution in [0.1, 0.15) is 16.9 Å². The monoisotopic (exact) mass is 452 g/mol. The minimum absolute atomic E-state index is 0.0317. The van der Waals surface area contributed by atoms with Crippen molar-refractivity contribution in [3.8, 4) is 6.07 Å². The molecule has 0 saturated carbocycles. The second-order valence-corrected chi connectivity index (χ2v) is 8.02. The number of carbonyl (C=O) groups excluding carboxylic acids is 1. The molecule has 1 aromatic heterocycles. The zero-order chi connectivity index (χ0) is 20.1. The molecular weight excluding hydrogens is 436 g/mol. The number of hydrogen-bond acceptors (Lipinski definition) is 4. The number of nitriles is 1. The van der Waals surface area contributed by atoms with E-state index in [1.165, 1.54) is 17.8 Å². The van der Waals surface area contributed by atoms with Crippen molar-refractivity contribution in [3.05, 3.63) is 81.5 Å². The highest BCUT2D eigenvalue weighted by molar-refractivity contribution is 9.10. The van der Waals surface area contributed by atoms with E-state index in [0.29, 0.717) is 16.5 Å². The van der Waals surface area contributed by atoms with E-state index in [2.05, 4.69) is 21.2 Å². The molecule has 0 spiro atoms. The van der Waals surface area contributed by atoms with E-state index in [1.54, 1.807) is 6.07 Å². The third-order valence-corrected chi connectivity index (χ3v) is 5.89. The van der Waals surface area contributed by atoms with Crippen LogP contribution in [0.15, 0.2) is 79.0 Å². The van der Waals surface area contributed by atoms with E-state index in [0.717, 1.165) is 20.5 Å². The Kier molecular flexibility index (Phi) is 6.40. The fraction of sp³-hybridized carbons (Fsp3) is 0.0909. The Morgan fingerprint density at radius 1 is 1.14 bits per heavy atom. The van der Waals surface area contributed by atoms with Crippen LogP contribution in [0.3, 0.4) is 0 Å². The average Bonchev–Trinajstić information content (AvgIpc) is 3.02. The van der Waals surface area contributed by atoms with Gasteiger partial charge in [-0.3, -0.25) is 4.79 Å². The maximum Gasteiger partial charge on any atom is 0.266 e. The molecule has 0 aliphatic rings. The van der Waals surface area contributed by atoms with Crippen molar-refractivity contribution >= 4 is 45.4 Å². The smallest absolute Gasteiger partial charge is 0.266 e. The number of hydrogen-bond donors (Lipinski definition) is 1. The van der Waals surface area contributed by atoms with Crippen molar-refractivity contribution in [1.82, 2.24) is 0 Å². The second-order valence-electron chi connectivity index (χ2n) is 6.12. The summed E-state index contributed by atoms with van der Waals surface area (Å²) in [7, 11) is 0. The van der Waals surface area contributed by atoms with Crippen molar-refractivity contribution in [2.75, 3.05) is 5.32 Å². The van der Waals surface area contributed by atoms with Gasteiger partial charge >= 0.3 is 0 Å². The van der Waals surface area contributed by atoms with E-state index < -0.39 is 5.91 Å². The first-order valence-electron chi connectivity index (χ1n) is 8.49. The first-order chi connectivity index (χ1) is 13.5. The van der Waals surface area contributed by atoms with Gasteiger partial charge in [0, 0.05) is 16.7 Å². The van der Waals surface area contributed by atoms with Gasteiger partial charge in [-0.2, -0.15) is 5.26 Å². The number of rotatable bonds is 5. The molecule has 0 unspecified atom stereocenters. The molecule has 0 aliphatic carbocycles. The van der Waals surface area contributed by atoms with Crippen LogP contribution in [0.5, 0.6) is 0 Å².